The Morgan fingerprint density at radius 3 is 2.53 bits per heavy atom. The molecule has 0 atom stereocenters. The van der Waals surface area contributed by atoms with Gasteiger partial charge in [-0.25, -0.2) is 9.78 Å². The lowest BCUT2D eigenvalue weighted by atomic mass is 9.96. The van der Waals surface area contributed by atoms with Gasteiger partial charge < -0.3 is 9.47 Å². The van der Waals surface area contributed by atoms with Crippen molar-refractivity contribution in [3.63, 3.8) is 0 Å². The molecular weight excluding hydrogens is 398 g/mol. The van der Waals surface area contributed by atoms with Gasteiger partial charge in [0.15, 0.2) is 0 Å². The van der Waals surface area contributed by atoms with E-state index in [1.807, 2.05) is 54.6 Å². The zero-order chi connectivity index (χ0) is 20.9. The van der Waals surface area contributed by atoms with E-state index >= 15 is 0 Å². The maximum absolute atomic E-state index is 12.2. The van der Waals surface area contributed by atoms with Crippen LogP contribution in [0.25, 0.3) is 22.4 Å². The van der Waals surface area contributed by atoms with Crippen LogP contribution in [0.5, 0.6) is 5.75 Å². The molecule has 1 aromatic heterocycles. The fourth-order valence-corrected chi connectivity index (χ4v) is 4.02. The first kappa shape index (κ1) is 20.4. The summed E-state index contributed by atoms with van der Waals surface area (Å²) in [6.45, 7) is 2.09. The predicted molar refractivity (Wildman–Crippen MR) is 119 cm³/mol. The number of nitrogens with zero attached hydrogens (tertiary/aromatic N) is 1. The minimum Gasteiger partial charge on any atom is -0.490 e. The van der Waals surface area contributed by atoms with E-state index in [4.69, 9.17) is 21.1 Å². The second-order valence-corrected chi connectivity index (χ2v) is 7.78. The van der Waals surface area contributed by atoms with Crippen LogP contribution >= 0.6 is 11.6 Å². The molecule has 1 heterocycles. The molecule has 0 bridgehead atoms. The molecule has 0 amide bonds. The summed E-state index contributed by atoms with van der Waals surface area (Å²) in [6.07, 6.45) is 4.80. The predicted octanol–water partition coefficient (Wildman–Crippen LogP) is 6.57. The minimum absolute atomic E-state index is 0.238. The number of ether oxygens (including phenoxy) is 2. The third-order valence-corrected chi connectivity index (χ3v) is 5.50. The van der Waals surface area contributed by atoms with Gasteiger partial charge in [-0.2, -0.15) is 0 Å². The molecule has 5 heteroatoms. The summed E-state index contributed by atoms with van der Waals surface area (Å²) in [5.74, 6) is 0.394. The van der Waals surface area contributed by atoms with E-state index < -0.39 is 5.97 Å². The van der Waals surface area contributed by atoms with Gasteiger partial charge in [-0.15, -0.1) is 0 Å². The lowest BCUT2D eigenvalue weighted by Gasteiger charge is -2.18. The van der Waals surface area contributed by atoms with Crippen molar-refractivity contribution in [1.29, 1.82) is 0 Å². The number of carbonyl (C=O) groups is 1. The average molecular weight is 422 g/mol. The van der Waals surface area contributed by atoms with Crippen LogP contribution in [0.3, 0.4) is 0 Å². The van der Waals surface area contributed by atoms with Gasteiger partial charge >= 0.3 is 5.97 Å². The number of halogens is 1. The van der Waals surface area contributed by atoms with Crippen molar-refractivity contribution < 1.29 is 14.3 Å². The second kappa shape index (κ2) is 9.31. The number of hydrogen-bond donors (Lipinski definition) is 0. The van der Waals surface area contributed by atoms with Gasteiger partial charge in [0, 0.05) is 16.1 Å². The molecule has 154 valence electrons. The van der Waals surface area contributed by atoms with E-state index in [1.54, 1.807) is 13.0 Å². The number of hydrogen-bond acceptors (Lipinski definition) is 4. The Labute approximate surface area is 181 Å². The van der Waals surface area contributed by atoms with Crippen molar-refractivity contribution in [2.24, 2.45) is 0 Å². The van der Waals surface area contributed by atoms with Gasteiger partial charge in [0.2, 0.25) is 0 Å². The molecule has 1 saturated carbocycles. The van der Waals surface area contributed by atoms with Gasteiger partial charge in [-0.3, -0.25) is 0 Å². The van der Waals surface area contributed by atoms with E-state index in [0.717, 1.165) is 35.3 Å². The van der Waals surface area contributed by atoms with Crippen molar-refractivity contribution in [2.45, 2.75) is 38.7 Å². The SMILES string of the molecule is CCOC(=O)c1cccc(-c2ccccc2-c2cc(Cl)ccc2OC2CCCC2)n1. The van der Waals surface area contributed by atoms with Gasteiger partial charge in [0.05, 0.1) is 18.4 Å². The largest absolute Gasteiger partial charge is 0.490 e. The third kappa shape index (κ3) is 4.49. The van der Waals surface area contributed by atoms with Gasteiger partial charge in [-0.1, -0.05) is 41.9 Å². The quantitative estimate of drug-likeness (QED) is 0.422. The molecule has 4 nitrogen and oxygen atoms in total. The Bertz CT molecular complexity index is 1040. The molecule has 0 spiro atoms. The Kier molecular flexibility index (Phi) is 6.34. The molecule has 1 aliphatic carbocycles. The highest BCUT2D eigenvalue weighted by Gasteiger charge is 2.20. The molecule has 0 N–H and O–H groups in total. The van der Waals surface area contributed by atoms with Crippen molar-refractivity contribution in [3.8, 4) is 28.1 Å². The van der Waals surface area contributed by atoms with Crippen LogP contribution in [0, 0.1) is 0 Å². The van der Waals surface area contributed by atoms with Crippen LogP contribution in [0.2, 0.25) is 5.02 Å². The van der Waals surface area contributed by atoms with Crippen molar-refractivity contribution in [3.05, 3.63) is 71.4 Å². The number of benzene rings is 2. The van der Waals surface area contributed by atoms with Crippen molar-refractivity contribution in [2.75, 3.05) is 6.61 Å². The molecule has 0 saturated heterocycles. The van der Waals surface area contributed by atoms with Crippen molar-refractivity contribution >= 4 is 17.6 Å². The lowest BCUT2D eigenvalue weighted by molar-refractivity contribution is 0.0519. The van der Waals surface area contributed by atoms with Crippen LogP contribution in [0.15, 0.2) is 60.7 Å². The molecular formula is C25H24ClNO3. The number of pyridine rings is 1. The first-order valence-corrected chi connectivity index (χ1v) is 10.7. The molecule has 4 rings (SSSR count). The summed E-state index contributed by atoms with van der Waals surface area (Å²) < 4.78 is 11.5. The molecule has 1 fully saturated rings. The van der Waals surface area contributed by atoms with Crippen LogP contribution in [-0.4, -0.2) is 23.7 Å². The normalized spacial score (nSPS) is 13.9. The van der Waals surface area contributed by atoms with E-state index in [1.165, 1.54) is 12.8 Å². The fourth-order valence-electron chi connectivity index (χ4n) is 3.85. The standard InChI is InChI=1S/C25H24ClNO3/c1-2-29-25(28)23-13-7-12-22(27-23)20-11-6-5-10-19(20)21-16-17(26)14-15-24(21)30-18-8-3-4-9-18/h5-7,10-16,18H,2-4,8-9H2,1H3. The van der Waals surface area contributed by atoms with E-state index in [2.05, 4.69) is 4.98 Å². The van der Waals surface area contributed by atoms with Crippen molar-refractivity contribution in [1.82, 2.24) is 4.98 Å². The number of carbonyl (C=O) groups excluding carboxylic acids is 1. The summed E-state index contributed by atoms with van der Waals surface area (Å²) in [5, 5.41) is 0.645. The molecule has 2 aromatic carbocycles. The molecule has 1 aliphatic rings. The third-order valence-electron chi connectivity index (χ3n) is 5.26. The monoisotopic (exact) mass is 421 g/mol. The number of aromatic nitrogens is 1. The zero-order valence-corrected chi connectivity index (χ0v) is 17.7. The molecule has 3 aromatic rings. The second-order valence-electron chi connectivity index (χ2n) is 7.34. The summed E-state index contributed by atoms with van der Waals surface area (Å²) >= 11 is 6.35. The smallest absolute Gasteiger partial charge is 0.356 e. The molecule has 0 aliphatic heterocycles. The Morgan fingerprint density at radius 1 is 1.00 bits per heavy atom. The Hall–Kier alpha value is -2.85. The summed E-state index contributed by atoms with van der Waals surface area (Å²) in [6, 6.07) is 19.1. The maximum atomic E-state index is 12.2. The first-order chi connectivity index (χ1) is 14.7. The highest BCUT2D eigenvalue weighted by molar-refractivity contribution is 6.31. The first-order valence-electron chi connectivity index (χ1n) is 10.4. The van der Waals surface area contributed by atoms with Crippen LogP contribution in [-0.2, 0) is 4.74 Å². The topological polar surface area (TPSA) is 48.4 Å². The Balaban J connectivity index is 1.77. The highest BCUT2D eigenvalue weighted by atomic mass is 35.5. The zero-order valence-electron chi connectivity index (χ0n) is 16.9. The maximum Gasteiger partial charge on any atom is 0.356 e. The average Bonchev–Trinajstić information content (AvgIpc) is 3.28. The lowest BCUT2D eigenvalue weighted by Crippen LogP contribution is -2.11. The minimum atomic E-state index is -0.426. The molecule has 0 unspecified atom stereocenters. The number of rotatable bonds is 6. The van der Waals surface area contributed by atoms with Crippen LogP contribution < -0.4 is 4.74 Å². The van der Waals surface area contributed by atoms with Gasteiger partial charge in [-0.05, 0) is 68.5 Å². The van der Waals surface area contributed by atoms with E-state index in [9.17, 15) is 4.79 Å². The van der Waals surface area contributed by atoms with Crippen LogP contribution in [0.4, 0.5) is 0 Å². The molecule has 0 radical (unpaired) electrons. The highest BCUT2D eigenvalue weighted by Crippen LogP contribution is 2.39. The number of esters is 1. The van der Waals surface area contributed by atoms with Gasteiger partial charge in [0.25, 0.3) is 0 Å². The summed E-state index contributed by atoms with van der Waals surface area (Å²) in [7, 11) is 0. The summed E-state index contributed by atoms with van der Waals surface area (Å²) in [5.41, 5.74) is 3.78. The van der Waals surface area contributed by atoms with E-state index in [-0.39, 0.29) is 11.8 Å². The Morgan fingerprint density at radius 2 is 1.77 bits per heavy atom. The molecule has 30 heavy (non-hydrogen) atoms. The fraction of sp³-hybridized carbons (Fsp3) is 0.280. The van der Waals surface area contributed by atoms with Gasteiger partial charge in [0.1, 0.15) is 11.4 Å². The van der Waals surface area contributed by atoms with E-state index in [0.29, 0.717) is 17.3 Å². The van der Waals surface area contributed by atoms with Crippen LogP contribution in [0.1, 0.15) is 43.1 Å². The summed E-state index contributed by atoms with van der Waals surface area (Å²) in [4.78, 5) is 16.7.